The Kier molecular flexibility index (Phi) is 7.83. The highest BCUT2D eigenvalue weighted by molar-refractivity contribution is 7.21. The Balaban J connectivity index is 1.74. The first-order valence-electron chi connectivity index (χ1n) is 12.0. The molecular weight excluding hydrogens is 525 g/mol. The van der Waals surface area contributed by atoms with Gasteiger partial charge in [-0.2, -0.15) is 18.2 Å². The molecule has 3 heterocycles. The largest absolute Gasteiger partial charge is 0.416 e. The number of anilines is 2. The molecule has 1 fully saturated rings. The number of ether oxygens (including phenoxy) is 1. The number of thiazole rings is 1. The Morgan fingerprint density at radius 3 is 2.42 bits per heavy atom. The summed E-state index contributed by atoms with van der Waals surface area (Å²) in [7, 11) is 0.970. The fourth-order valence-corrected chi connectivity index (χ4v) is 5.78. The van der Waals surface area contributed by atoms with Crippen molar-refractivity contribution in [2.24, 2.45) is 5.92 Å². The third kappa shape index (κ3) is 5.69. The molecule has 1 aliphatic carbocycles. The summed E-state index contributed by atoms with van der Waals surface area (Å²) in [5.41, 5.74) is 1.12. The van der Waals surface area contributed by atoms with Crippen LogP contribution in [0.25, 0.3) is 20.8 Å². The average molecular weight is 557 g/mol. The van der Waals surface area contributed by atoms with Crippen LogP contribution in [0.15, 0.2) is 12.3 Å². The number of aliphatic hydroxyl groups is 3. The van der Waals surface area contributed by atoms with Crippen LogP contribution >= 0.6 is 11.3 Å². The number of aryl methyl sites for hydroxylation is 2. The zero-order valence-electron chi connectivity index (χ0n) is 21.5. The number of halogens is 3. The quantitative estimate of drug-likeness (QED) is 0.281. The number of pyridine rings is 1. The highest BCUT2D eigenvalue weighted by Crippen LogP contribution is 2.40. The summed E-state index contributed by atoms with van der Waals surface area (Å²) in [6.45, 7) is 6.02. The van der Waals surface area contributed by atoms with E-state index in [-0.39, 0.29) is 18.2 Å². The van der Waals surface area contributed by atoms with Crippen molar-refractivity contribution >= 4 is 33.3 Å². The van der Waals surface area contributed by atoms with Gasteiger partial charge in [-0.25, -0.2) is 9.97 Å². The minimum absolute atomic E-state index is 0.0777. The van der Waals surface area contributed by atoms with Crippen LogP contribution in [0.4, 0.5) is 24.9 Å². The van der Waals surface area contributed by atoms with Gasteiger partial charge >= 0.3 is 6.18 Å². The summed E-state index contributed by atoms with van der Waals surface area (Å²) in [5, 5.41) is 38.1. The van der Waals surface area contributed by atoms with Gasteiger partial charge in [0, 0.05) is 19.2 Å². The lowest BCUT2D eigenvalue weighted by molar-refractivity contribution is -0.207. The number of alkyl halides is 3. The minimum Gasteiger partial charge on any atom is -0.390 e. The number of fused-ring (bicyclic) bond motifs is 1. The summed E-state index contributed by atoms with van der Waals surface area (Å²) in [5.74, 6) is -0.478. The second-order valence-corrected chi connectivity index (χ2v) is 11.0. The Hall–Kier alpha value is -2.65. The molecule has 0 aliphatic heterocycles. The number of rotatable bonds is 8. The van der Waals surface area contributed by atoms with Crippen LogP contribution in [0.1, 0.15) is 31.7 Å². The van der Waals surface area contributed by atoms with Gasteiger partial charge in [-0.05, 0) is 40.2 Å². The van der Waals surface area contributed by atoms with E-state index in [1.54, 1.807) is 27.0 Å². The maximum atomic E-state index is 13.2. The zero-order valence-corrected chi connectivity index (χ0v) is 22.4. The molecule has 10 nitrogen and oxygen atoms in total. The van der Waals surface area contributed by atoms with Crippen LogP contribution in [-0.2, 0) is 4.74 Å². The fraction of sp³-hybridized carbons (Fsp3) is 0.583. The predicted octanol–water partition coefficient (Wildman–Crippen LogP) is 3.05. The Morgan fingerprint density at radius 2 is 1.84 bits per heavy atom. The van der Waals surface area contributed by atoms with Crippen molar-refractivity contribution in [3.05, 3.63) is 23.7 Å². The second kappa shape index (κ2) is 10.5. The smallest absolute Gasteiger partial charge is 0.390 e. The Bertz CT molecular complexity index is 1300. The topological polar surface area (TPSA) is 146 Å². The summed E-state index contributed by atoms with van der Waals surface area (Å²) in [4.78, 5) is 17.8. The van der Waals surface area contributed by atoms with Gasteiger partial charge in [-0.3, -0.25) is 4.98 Å². The Morgan fingerprint density at radius 1 is 1.13 bits per heavy atom. The van der Waals surface area contributed by atoms with E-state index in [1.165, 1.54) is 11.3 Å². The third-order valence-electron chi connectivity index (χ3n) is 6.80. The molecule has 0 radical (unpaired) electrons. The van der Waals surface area contributed by atoms with Gasteiger partial charge in [0.05, 0.1) is 45.9 Å². The first-order chi connectivity index (χ1) is 17.7. The molecule has 0 spiro atoms. The van der Waals surface area contributed by atoms with Crippen molar-refractivity contribution < 1.29 is 33.2 Å². The first-order valence-corrected chi connectivity index (χ1v) is 12.8. The maximum Gasteiger partial charge on any atom is 0.416 e. The van der Waals surface area contributed by atoms with Crippen molar-refractivity contribution in [2.75, 3.05) is 24.3 Å². The SMILES string of the molecule is CO[C@@H](CNc1nc(C)c(-c2nc3c(C)nccc3s2)c(N[C@@H]2C[C@H](C(C)(C)O)[C@@H](O)[C@H]2O)n1)C(F)(F)F. The van der Waals surface area contributed by atoms with E-state index in [0.29, 0.717) is 21.8 Å². The molecule has 0 bridgehead atoms. The van der Waals surface area contributed by atoms with E-state index < -0.39 is 48.6 Å². The minimum atomic E-state index is -4.58. The zero-order chi connectivity index (χ0) is 28.0. The van der Waals surface area contributed by atoms with Gasteiger partial charge in [0.1, 0.15) is 22.4 Å². The molecule has 1 aliphatic rings. The number of nitrogens with zero attached hydrogens (tertiary/aromatic N) is 4. The summed E-state index contributed by atoms with van der Waals surface area (Å²) in [6, 6.07) is 1.12. The van der Waals surface area contributed by atoms with Crippen LogP contribution in [0.2, 0.25) is 0 Å². The van der Waals surface area contributed by atoms with Crippen molar-refractivity contribution in [3.63, 3.8) is 0 Å². The molecule has 1 saturated carbocycles. The molecule has 208 valence electrons. The molecule has 5 atom stereocenters. The van der Waals surface area contributed by atoms with E-state index in [2.05, 4.69) is 30.3 Å². The van der Waals surface area contributed by atoms with Gasteiger partial charge in [0.15, 0.2) is 6.10 Å². The van der Waals surface area contributed by atoms with Gasteiger partial charge < -0.3 is 30.7 Å². The number of nitrogens with one attached hydrogen (secondary N) is 2. The van der Waals surface area contributed by atoms with E-state index in [0.717, 1.165) is 17.5 Å². The van der Waals surface area contributed by atoms with Crippen molar-refractivity contribution in [3.8, 4) is 10.6 Å². The van der Waals surface area contributed by atoms with E-state index >= 15 is 0 Å². The third-order valence-corrected chi connectivity index (χ3v) is 7.84. The van der Waals surface area contributed by atoms with Crippen LogP contribution in [0.5, 0.6) is 0 Å². The highest BCUT2D eigenvalue weighted by Gasteiger charge is 2.48. The fourth-order valence-electron chi connectivity index (χ4n) is 4.67. The normalized spacial score (nSPS) is 23.1. The summed E-state index contributed by atoms with van der Waals surface area (Å²) < 4.78 is 45.0. The predicted molar refractivity (Wildman–Crippen MR) is 137 cm³/mol. The van der Waals surface area contributed by atoms with Crippen molar-refractivity contribution in [1.82, 2.24) is 19.9 Å². The summed E-state index contributed by atoms with van der Waals surface area (Å²) >= 11 is 1.38. The average Bonchev–Trinajstić information content (AvgIpc) is 3.36. The van der Waals surface area contributed by atoms with Crippen LogP contribution in [-0.4, -0.2) is 85.0 Å². The van der Waals surface area contributed by atoms with E-state index in [4.69, 9.17) is 4.98 Å². The number of hydrogen-bond acceptors (Lipinski definition) is 11. The number of hydrogen-bond donors (Lipinski definition) is 5. The number of aromatic nitrogens is 4. The monoisotopic (exact) mass is 556 g/mol. The second-order valence-electron chi connectivity index (χ2n) is 9.99. The van der Waals surface area contributed by atoms with Gasteiger partial charge in [-0.1, -0.05) is 0 Å². The molecular formula is C24H31F3N6O4S. The molecule has 3 aromatic heterocycles. The highest BCUT2D eigenvalue weighted by atomic mass is 32.1. The molecule has 0 aromatic carbocycles. The van der Waals surface area contributed by atoms with Gasteiger partial charge in [0.25, 0.3) is 0 Å². The molecule has 5 N–H and O–H groups in total. The molecule has 14 heteroatoms. The first kappa shape index (κ1) is 28.4. The molecule has 0 unspecified atom stereocenters. The summed E-state index contributed by atoms with van der Waals surface area (Å²) in [6.07, 6.45) is -7.17. The van der Waals surface area contributed by atoms with Gasteiger partial charge in [0.2, 0.25) is 5.95 Å². The van der Waals surface area contributed by atoms with Crippen LogP contribution in [0.3, 0.4) is 0 Å². The maximum absolute atomic E-state index is 13.2. The molecule has 0 amide bonds. The van der Waals surface area contributed by atoms with Crippen molar-refractivity contribution in [2.45, 2.75) is 70.2 Å². The lowest BCUT2D eigenvalue weighted by atomic mass is 9.88. The number of methoxy groups -OCH3 is 1. The Labute approximate surface area is 221 Å². The van der Waals surface area contributed by atoms with Crippen LogP contribution in [0, 0.1) is 19.8 Å². The van der Waals surface area contributed by atoms with Crippen LogP contribution < -0.4 is 10.6 Å². The van der Waals surface area contributed by atoms with Gasteiger partial charge in [-0.15, -0.1) is 11.3 Å². The van der Waals surface area contributed by atoms with E-state index in [1.807, 2.05) is 13.0 Å². The van der Waals surface area contributed by atoms with Crippen molar-refractivity contribution in [1.29, 1.82) is 0 Å². The molecule has 0 saturated heterocycles. The number of aliphatic hydroxyl groups excluding tert-OH is 2. The standard InChI is InChI=1S/C24H31F3N6O4S/c1-10-16(21-32-17-11(2)28-7-6-14(17)38-21)20(31-13-8-12(23(3,4)36)18(34)19(13)35)33-22(30-10)29-9-15(37-5)24(25,26)27/h6-7,12-13,15,18-19,34-36H,8-9H2,1-5H3,(H2,29,30,31,33)/t12-,13+,15-,18+,19-/m0/s1. The molecule has 4 rings (SSSR count). The van der Waals surface area contributed by atoms with E-state index in [9.17, 15) is 28.5 Å². The lowest BCUT2D eigenvalue weighted by Gasteiger charge is -2.28. The molecule has 3 aromatic rings. The molecule has 38 heavy (non-hydrogen) atoms. The lowest BCUT2D eigenvalue weighted by Crippen LogP contribution is -2.40.